The summed E-state index contributed by atoms with van der Waals surface area (Å²) in [6, 6.07) is 15.7. The first kappa shape index (κ1) is 15.2. The first-order chi connectivity index (χ1) is 9.56. The summed E-state index contributed by atoms with van der Waals surface area (Å²) in [6.07, 6.45) is 2.71. The summed E-state index contributed by atoms with van der Waals surface area (Å²) < 4.78 is 11.1. The molecule has 0 aromatic heterocycles. The number of nitrogens with one attached hydrogen (secondary N) is 1. The van der Waals surface area contributed by atoms with Crippen molar-refractivity contribution >= 4 is 21.6 Å². The molecule has 108 valence electrons. The molecule has 1 N–H and O–H groups in total. The van der Waals surface area contributed by atoms with Crippen molar-refractivity contribution < 1.29 is 4.21 Å². The van der Waals surface area contributed by atoms with Gasteiger partial charge in [-0.1, -0.05) is 36.4 Å². The van der Waals surface area contributed by atoms with E-state index in [2.05, 4.69) is 61.6 Å². The lowest BCUT2D eigenvalue weighted by atomic mass is 10.0. The van der Waals surface area contributed by atoms with Crippen molar-refractivity contribution in [2.45, 2.75) is 32.4 Å². The Morgan fingerprint density at radius 2 is 1.80 bits per heavy atom. The number of fused-ring (bicyclic) bond motifs is 1. The Balaban J connectivity index is 2.03. The Hall–Kier alpha value is -1.19. The summed E-state index contributed by atoms with van der Waals surface area (Å²) in [5.41, 5.74) is 1.30. The van der Waals surface area contributed by atoms with Crippen LogP contribution in [0.2, 0.25) is 0 Å². The van der Waals surface area contributed by atoms with Crippen LogP contribution in [0.15, 0.2) is 42.5 Å². The first-order valence-electron chi connectivity index (χ1n) is 7.11. The normalized spacial score (nSPS) is 15.9. The Labute approximate surface area is 124 Å². The van der Waals surface area contributed by atoms with Gasteiger partial charge in [0.25, 0.3) is 0 Å². The lowest BCUT2D eigenvalue weighted by Crippen LogP contribution is -2.30. The van der Waals surface area contributed by atoms with Gasteiger partial charge in [0, 0.05) is 34.9 Å². The molecular formula is C17H23NOS. The van der Waals surface area contributed by atoms with E-state index in [1.54, 1.807) is 6.26 Å². The predicted octanol–water partition coefficient (Wildman–Crippen LogP) is 3.65. The predicted molar refractivity (Wildman–Crippen MR) is 88.5 cm³/mol. The van der Waals surface area contributed by atoms with Crippen LogP contribution in [-0.4, -0.2) is 22.3 Å². The van der Waals surface area contributed by atoms with Gasteiger partial charge in [-0.2, -0.15) is 0 Å². The van der Waals surface area contributed by atoms with Crippen LogP contribution in [0.1, 0.15) is 31.9 Å². The van der Waals surface area contributed by atoms with Gasteiger partial charge in [-0.25, -0.2) is 0 Å². The van der Waals surface area contributed by atoms with Gasteiger partial charge >= 0.3 is 0 Å². The highest BCUT2D eigenvalue weighted by Crippen LogP contribution is 2.20. The highest BCUT2D eigenvalue weighted by atomic mass is 32.2. The molecule has 0 spiro atoms. The molecule has 0 aliphatic carbocycles. The minimum Gasteiger partial charge on any atom is -0.308 e. The van der Waals surface area contributed by atoms with Gasteiger partial charge < -0.3 is 5.32 Å². The van der Waals surface area contributed by atoms with Gasteiger partial charge in [-0.3, -0.25) is 4.21 Å². The summed E-state index contributed by atoms with van der Waals surface area (Å²) in [4.78, 5) is 0. The lowest BCUT2D eigenvalue weighted by Gasteiger charge is -2.20. The van der Waals surface area contributed by atoms with Crippen molar-refractivity contribution in [2.24, 2.45) is 0 Å². The molecule has 2 aromatic rings. The van der Waals surface area contributed by atoms with Gasteiger partial charge in [-0.15, -0.1) is 0 Å². The summed E-state index contributed by atoms with van der Waals surface area (Å²) in [5.74, 6) is 0.763. The molecule has 0 fully saturated rings. The average Bonchev–Trinajstić information content (AvgIpc) is 2.44. The second-order valence-electron chi connectivity index (χ2n) is 5.46. The molecule has 0 aliphatic heterocycles. The third-order valence-corrected chi connectivity index (χ3v) is 4.46. The van der Waals surface area contributed by atoms with E-state index in [0.717, 1.165) is 12.2 Å². The number of rotatable bonds is 6. The molecule has 2 rings (SSSR count). The second kappa shape index (κ2) is 7.00. The molecule has 0 saturated carbocycles. The quantitative estimate of drug-likeness (QED) is 0.879. The molecule has 0 bridgehead atoms. The smallest absolute Gasteiger partial charge is 0.0294 e. The maximum atomic E-state index is 11.1. The van der Waals surface area contributed by atoms with Gasteiger partial charge in [0.2, 0.25) is 0 Å². The van der Waals surface area contributed by atoms with Crippen LogP contribution in [-0.2, 0) is 10.8 Å². The summed E-state index contributed by atoms with van der Waals surface area (Å²) in [7, 11) is -0.704. The zero-order valence-corrected chi connectivity index (χ0v) is 13.2. The van der Waals surface area contributed by atoms with Crippen LogP contribution in [0.3, 0.4) is 0 Å². The summed E-state index contributed by atoms with van der Waals surface area (Å²) in [6.45, 7) is 4.34. The van der Waals surface area contributed by atoms with E-state index in [0.29, 0.717) is 12.1 Å². The van der Waals surface area contributed by atoms with E-state index >= 15 is 0 Å². The maximum absolute atomic E-state index is 11.1. The average molecular weight is 289 g/mol. The van der Waals surface area contributed by atoms with E-state index in [1.807, 2.05) is 0 Å². The largest absolute Gasteiger partial charge is 0.308 e. The highest BCUT2D eigenvalue weighted by molar-refractivity contribution is 7.84. The number of benzene rings is 2. The van der Waals surface area contributed by atoms with Gasteiger partial charge in [-0.05, 0) is 42.7 Å². The minimum absolute atomic E-state index is 0.305. The monoisotopic (exact) mass is 289 g/mol. The fourth-order valence-electron chi connectivity index (χ4n) is 2.43. The van der Waals surface area contributed by atoms with Crippen LogP contribution in [0.4, 0.5) is 0 Å². The van der Waals surface area contributed by atoms with Crippen molar-refractivity contribution in [3.8, 4) is 0 Å². The van der Waals surface area contributed by atoms with E-state index < -0.39 is 10.8 Å². The second-order valence-corrected chi connectivity index (χ2v) is 7.02. The molecule has 0 heterocycles. The molecule has 2 aromatic carbocycles. The standard InChI is InChI=1S/C17H23NOS/c1-13(10-11-20(3)19)18-14(2)16-9-8-15-6-4-5-7-17(15)12-16/h4-9,12-14,18H,10-11H2,1-3H3. The Bertz CT molecular complexity index is 596. The third-order valence-electron chi connectivity index (χ3n) is 3.65. The SMILES string of the molecule is CC(CCS(C)=O)NC(C)c1ccc2ccccc2c1. The fraction of sp³-hybridized carbons (Fsp3) is 0.412. The maximum Gasteiger partial charge on any atom is 0.0294 e. The van der Waals surface area contributed by atoms with E-state index in [-0.39, 0.29) is 0 Å². The van der Waals surface area contributed by atoms with Crippen LogP contribution < -0.4 is 5.32 Å². The zero-order valence-electron chi connectivity index (χ0n) is 12.4. The minimum atomic E-state index is -0.704. The van der Waals surface area contributed by atoms with E-state index in [9.17, 15) is 4.21 Å². The van der Waals surface area contributed by atoms with E-state index in [1.165, 1.54) is 16.3 Å². The molecule has 0 amide bonds. The molecule has 3 unspecified atom stereocenters. The van der Waals surface area contributed by atoms with E-state index in [4.69, 9.17) is 0 Å². The molecular weight excluding hydrogens is 266 g/mol. The Morgan fingerprint density at radius 3 is 2.50 bits per heavy atom. The van der Waals surface area contributed by atoms with Crippen LogP contribution in [0, 0.1) is 0 Å². The highest BCUT2D eigenvalue weighted by Gasteiger charge is 2.10. The van der Waals surface area contributed by atoms with Crippen molar-refractivity contribution in [3.63, 3.8) is 0 Å². The molecule has 0 saturated heterocycles. The molecule has 3 atom stereocenters. The fourth-order valence-corrected chi connectivity index (χ4v) is 3.11. The van der Waals surface area contributed by atoms with Crippen molar-refractivity contribution in [3.05, 3.63) is 48.0 Å². The van der Waals surface area contributed by atoms with Gasteiger partial charge in [0.15, 0.2) is 0 Å². The van der Waals surface area contributed by atoms with Crippen molar-refractivity contribution in [2.75, 3.05) is 12.0 Å². The lowest BCUT2D eigenvalue weighted by molar-refractivity contribution is 0.470. The zero-order chi connectivity index (χ0) is 14.5. The number of hydrogen-bond acceptors (Lipinski definition) is 2. The van der Waals surface area contributed by atoms with Crippen LogP contribution in [0.5, 0.6) is 0 Å². The molecule has 2 nitrogen and oxygen atoms in total. The van der Waals surface area contributed by atoms with Gasteiger partial charge in [0.05, 0.1) is 0 Å². The summed E-state index contributed by atoms with van der Waals surface area (Å²) >= 11 is 0. The molecule has 20 heavy (non-hydrogen) atoms. The third kappa shape index (κ3) is 4.15. The molecule has 3 heteroatoms. The Kier molecular flexibility index (Phi) is 5.32. The first-order valence-corrected chi connectivity index (χ1v) is 8.84. The number of hydrogen-bond donors (Lipinski definition) is 1. The summed E-state index contributed by atoms with van der Waals surface area (Å²) in [5, 5.41) is 6.14. The molecule has 0 aliphatic rings. The Morgan fingerprint density at radius 1 is 1.10 bits per heavy atom. The molecule has 0 radical (unpaired) electrons. The topological polar surface area (TPSA) is 29.1 Å². The van der Waals surface area contributed by atoms with Crippen LogP contribution in [0.25, 0.3) is 10.8 Å². The van der Waals surface area contributed by atoms with Crippen molar-refractivity contribution in [1.82, 2.24) is 5.32 Å². The van der Waals surface area contributed by atoms with Crippen molar-refractivity contribution in [1.29, 1.82) is 0 Å². The van der Waals surface area contributed by atoms with Crippen LogP contribution >= 0.6 is 0 Å². The van der Waals surface area contributed by atoms with Gasteiger partial charge in [0.1, 0.15) is 0 Å².